The second-order valence-electron chi connectivity index (χ2n) is 5.06. The molecule has 1 heterocycles. The summed E-state index contributed by atoms with van der Waals surface area (Å²) >= 11 is 0. The second kappa shape index (κ2) is 6.22. The Bertz CT molecular complexity index is 763. The fraction of sp³-hybridized carbons (Fsp3) is 0.118. The number of aryl methyl sites for hydroxylation is 1. The van der Waals surface area contributed by atoms with E-state index in [0.717, 1.165) is 22.6 Å². The van der Waals surface area contributed by atoms with Crippen molar-refractivity contribution in [2.75, 3.05) is 5.32 Å². The van der Waals surface area contributed by atoms with E-state index in [4.69, 9.17) is 0 Å². The maximum Gasteiger partial charge on any atom is 0.230 e. The number of nitrogens with one attached hydrogen (secondary N) is 1. The van der Waals surface area contributed by atoms with E-state index < -0.39 is 0 Å². The number of aromatic nitrogens is 3. The summed E-state index contributed by atoms with van der Waals surface area (Å²) in [6.07, 6.45) is 1.83. The molecule has 3 aromatic rings. The molecule has 1 N–H and O–H groups in total. The average molecular weight is 292 g/mol. The molecule has 0 bridgehead atoms. The summed E-state index contributed by atoms with van der Waals surface area (Å²) in [6, 6.07) is 17.3. The Balaban J connectivity index is 1.73. The fourth-order valence-corrected chi connectivity index (χ4v) is 2.17. The normalized spacial score (nSPS) is 10.4. The molecule has 3 rings (SSSR count). The molecule has 1 aromatic heterocycles. The molecule has 0 radical (unpaired) electrons. The zero-order valence-electron chi connectivity index (χ0n) is 12.2. The number of benzene rings is 2. The lowest BCUT2D eigenvalue weighted by atomic mass is 10.2. The SMILES string of the molecule is Cc1ccc(NC(=O)Cc2cnnn2-c2ccccc2)cc1. The van der Waals surface area contributed by atoms with E-state index in [9.17, 15) is 4.79 Å². The van der Waals surface area contributed by atoms with Gasteiger partial charge in [-0.25, -0.2) is 4.68 Å². The van der Waals surface area contributed by atoms with Crippen LogP contribution >= 0.6 is 0 Å². The van der Waals surface area contributed by atoms with Gasteiger partial charge in [-0.3, -0.25) is 4.79 Å². The summed E-state index contributed by atoms with van der Waals surface area (Å²) in [5.74, 6) is -0.0941. The van der Waals surface area contributed by atoms with Gasteiger partial charge in [0.1, 0.15) is 0 Å². The highest BCUT2D eigenvalue weighted by Gasteiger charge is 2.11. The number of amides is 1. The van der Waals surface area contributed by atoms with Crippen LogP contribution in [0.1, 0.15) is 11.3 Å². The Labute approximate surface area is 128 Å². The monoisotopic (exact) mass is 292 g/mol. The van der Waals surface area contributed by atoms with Crippen LogP contribution in [-0.4, -0.2) is 20.9 Å². The van der Waals surface area contributed by atoms with Crippen molar-refractivity contribution in [1.82, 2.24) is 15.0 Å². The second-order valence-corrected chi connectivity index (χ2v) is 5.06. The van der Waals surface area contributed by atoms with E-state index in [-0.39, 0.29) is 12.3 Å². The van der Waals surface area contributed by atoms with Gasteiger partial charge in [-0.1, -0.05) is 41.1 Å². The van der Waals surface area contributed by atoms with E-state index in [2.05, 4.69) is 15.6 Å². The van der Waals surface area contributed by atoms with Crippen LogP contribution in [0.4, 0.5) is 5.69 Å². The predicted octanol–water partition coefficient (Wildman–Crippen LogP) is 2.76. The standard InChI is InChI=1S/C17H16N4O/c1-13-7-9-14(10-8-13)19-17(22)11-16-12-18-20-21(16)15-5-3-2-4-6-15/h2-10,12H,11H2,1H3,(H,19,22). The zero-order chi connectivity index (χ0) is 15.4. The smallest absolute Gasteiger partial charge is 0.230 e. The van der Waals surface area contributed by atoms with E-state index in [1.165, 1.54) is 0 Å². The van der Waals surface area contributed by atoms with Gasteiger partial charge in [0.2, 0.25) is 5.91 Å². The van der Waals surface area contributed by atoms with Gasteiger partial charge in [-0.15, -0.1) is 5.10 Å². The van der Waals surface area contributed by atoms with Gasteiger partial charge >= 0.3 is 0 Å². The predicted molar refractivity (Wildman–Crippen MR) is 84.9 cm³/mol. The first-order chi connectivity index (χ1) is 10.7. The van der Waals surface area contributed by atoms with Crippen molar-refractivity contribution in [1.29, 1.82) is 0 Å². The van der Waals surface area contributed by atoms with Crippen LogP contribution in [0.25, 0.3) is 5.69 Å². The van der Waals surface area contributed by atoms with Crippen molar-refractivity contribution in [2.24, 2.45) is 0 Å². The minimum atomic E-state index is -0.0941. The molecule has 110 valence electrons. The Morgan fingerprint density at radius 3 is 2.55 bits per heavy atom. The lowest BCUT2D eigenvalue weighted by molar-refractivity contribution is -0.115. The van der Waals surface area contributed by atoms with Gasteiger partial charge in [0, 0.05) is 5.69 Å². The van der Waals surface area contributed by atoms with E-state index in [1.807, 2.05) is 61.5 Å². The maximum atomic E-state index is 12.2. The Morgan fingerprint density at radius 2 is 1.82 bits per heavy atom. The van der Waals surface area contributed by atoms with Crippen LogP contribution in [0, 0.1) is 6.92 Å². The van der Waals surface area contributed by atoms with Crippen LogP contribution in [0.15, 0.2) is 60.8 Å². The lowest BCUT2D eigenvalue weighted by Gasteiger charge is -2.07. The Hall–Kier alpha value is -2.95. The van der Waals surface area contributed by atoms with Gasteiger partial charge in [0.25, 0.3) is 0 Å². The van der Waals surface area contributed by atoms with Crippen molar-refractivity contribution in [3.63, 3.8) is 0 Å². The number of hydrogen-bond acceptors (Lipinski definition) is 3. The van der Waals surface area contributed by atoms with Crippen molar-refractivity contribution >= 4 is 11.6 Å². The van der Waals surface area contributed by atoms with Crippen LogP contribution in [-0.2, 0) is 11.2 Å². The third-order valence-corrected chi connectivity index (χ3v) is 3.30. The number of hydrogen-bond donors (Lipinski definition) is 1. The molecule has 0 atom stereocenters. The average Bonchev–Trinajstić information content (AvgIpc) is 2.98. The van der Waals surface area contributed by atoms with Crippen molar-refractivity contribution < 1.29 is 4.79 Å². The summed E-state index contributed by atoms with van der Waals surface area (Å²) in [5.41, 5.74) is 3.58. The van der Waals surface area contributed by atoms with E-state index in [1.54, 1.807) is 10.9 Å². The lowest BCUT2D eigenvalue weighted by Crippen LogP contribution is -2.16. The van der Waals surface area contributed by atoms with Crippen molar-refractivity contribution in [3.05, 3.63) is 72.1 Å². The van der Waals surface area contributed by atoms with Crippen LogP contribution in [0.3, 0.4) is 0 Å². The number of nitrogens with zero attached hydrogens (tertiary/aromatic N) is 3. The molecular formula is C17H16N4O. The molecule has 0 saturated heterocycles. The highest BCUT2D eigenvalue weighted by Crippen LogP contribution is 2.12. The molecular weight excluding hydrogens is 276 g/mol. The number of carbonyl (C=O) groups is 1. The molecule has 0 saturated carbocycles. The topological polar surface area (TPSA) is 59.8 Å². The van der Waals surface area contributed by atoms with Crippen LogP contribution in [0.5, 0.6) is 0 Å². The molecule has 0 fully saturated rings. The molecule has 0 unspecified atom stereocenters. The molecule has 5 nitrogen and oxygen atoms in total. The number of carbonyl (C=O) groups excluding carboxylic acids is 1. The first kappa shape index (κ1) is 14.0. The van der Waals surface area contributed by atoms with Gasteiger partial charge in [0.15, 0.2) is 0 Å². The molecule has 0 aliphatic rings. The number of anilines is 1. The first-order valence-electron chi connectivity index (χ1n) is 7.04. The van der Waals surface area contributed by atoms with Gasteiger partial charge in [-0.2, -0.15) is 0 Å². The molecule has 0 aliphatic carbocycles. The van der Waals surface area contributed by atoms with Gasteiger partial charge in [0.05, 0.1) is 24.0 Å². The third-order valence-electron chi connectivity index (χ3n) is 3.30. The van der Waals surface area contributed by atoms with E-state index in [0.29, 0.717) is 0 Å². The van der Waals surface area contributed by atoms with Crippen molar-refractivity contribution in [3.8, 4) is 5.69 Å². The largest absolute Gasteiger partial charge is 0.326 e. The minimum Gasteiger partial charge on any atom is -0.326 e. The maximum absolute atomic E-state index is 12.2. The Kier molecular flexibility index (Phi) is 3.96. The summed E-state index contributed by atoms with van der Waals surface area (Å²) in [7, 11) is 0. The molecule has 22 heavy (non-hydrogen) atoms. The fourth-order valence-electron chi connectivity index (χ4n) is 2.17. The van der Waals surface area contributed by atoms with Gasteiger partial charge < -0.3 is 5.32 Å². The summed E-state index contributed by atoms with van der Waals surface area (Å²) in [4.78, 5) is 12.2. The van der Waals surface area contributed by atoms with Crippen LogP contribution in [0.2, 0.25) is 0 Å². The first-order valence-corrected chi connectivity index (χ1v) is 7.04. The summed E-state index contributed by atoms with van der Waals surface area (Å²) in [5, 5.41) is 10.8. The molecule has 2 aromatic carbocycles. The summed E-state index contributed by atoms with van der Waals surface area (Å²) in [6.45, 7) is 2.01. The quantitative estimate of drug-likeness (QED) is 0.804. The number of para-hydroxylation sites is 1. The minimum absolute atomic E-state index is 0.0941. The van der Waals surface area contributed by atoms with E-state index >= 15 is 0 Å². The molecule has 5 heteroatoms. The highest BCUT2D eigenvalue weighted by molar-refractivity contribution is 5.92. The summed E-state index contributed by atoms with van der Waals surface area (Å²) < 4.78 is 1.68. The zero-order valence-corrected chi connectivity index (χ0v) is 12.2. The van der Waals surface area contributed by atoms with Crippen molar-refractivity contribution in [2.45, 2.75) is 13.3 Å². The molecule has 1 amide bonds. The highest BCUT2D eigenvalue weighted by atomic mass is 16.1. The Morgan fingerprint density at radius 1 is 1.09 bits per heavy atom. The molecule has 0 aliphatic heterocycles. The van der Waals surface area contributed by atoms with Crippen LogP contribution < -0.4 is 5.32 Å². The van der Waals surface area contributed by atoms with Gasteiger partial charge in [-0.05, 0) is 31.2 Å². The third kappa shape index (κ3) is 3.20. The number of rotatable bonds is 4. The molecule has 0 spiro atoms.